The fourth-order valence-electron chi connectivity index (χ4n) is 6.27. The first-order valence-corrected chi connectivity index (χ1v) is 13.4. The highest BCUT2D eigenvalue weighted by atomic mass is 16.5. The summed E-state index contributed by atoms with van der Waals surface area (Å²) in [5.74, 6) is 1.72. The second-order valence-electron chi connectivity index (χ2n) is 11.9. The Morgan fingerprint density at radius 3 is 2.34 bits per heavy atom. The normalized spacial score (nSPS) is 27.7. The van der Waals surface area contributed by atoms with Gasteiger partial charge in [-0.05, 0) is 92.4 Å². The van der Waals surface area contributed by atoms with Gasteiger partial charge in [0, 0.05) is 64.3 Å². The Labute approximate surface area is 196 Å². The van der Waals surface area contributed by atoms with Crippen LogP contribution in [0.4, 0.5) is 11.4 Å². The molecule has 0 bridgehead atoms. The molecular formula is C28H45N3O. The highest BCUT2D eigenvalue weighted by Gasteiger charge is 2.32. The maximum absolute atomic E-state index is 5.72. The van der Waals surface area contributed by atoms with Crippen LogP contribution in [-0.4, -0.2) is 63.9 Å². The molecule has 1 unspecified atom stereocenters. The quantitative estimate of drug-likeness (QED) is 0.581. The van der Waals surface area contributed by atoms with Crippen LogP contribution in [0.1, 0.15) is 76.7 Å². The first-order chi connectivity index (χ1) is 15.5. The van der Waals surface area contributed by atoms with Gasteiger partial charge in [-0.15, -0.1) is 0 Å². The first-order valence-electron chi connectivity index (χ1n) is 13.4. The highest BCUT2D eigenvalue weighted by molar-refractivity contribution is 5.63. The zero-order valence-corrected chi connectivity index (χ0v) is 20.8. The summed E-state index contributed by atoms with van der Waals surface area (Å²) in [7, 11) is 1.87. The third-order valence-electron chi connectivity index (χ3n) is 8.79. The van der Waals surface area contributed by atoms with Crippen molar-refractivity contribution in [3.05, 3.63) is 23.8 Å². The number of benzene rings is 1. The van der Waals surface area contributed by atoms with E-state index in [1.807, 2.05) is 7.11 Å². The standard InChI is InChI=1S/C28H45N3O/c1-28(2)12-10-23(11-13-28)26-19-24(31-14-4-5-25(21-31)32-3)8-9-27(26)30-17-15-29(16-18-30)20-22-6-7-22/h8-9,19,22-23,25H,4-7,10-18,20-21H2,1-3H3. The summed E-state index contributed by atoms with van der Waals surface area (Å²) < 4.78 is 5.72. The molecule has 4 aliphatic rings. The van der Waals surface area contributed by atoms with Gasteiger partial charge in [0.2, 0.25) is 0 Å². The van der Waals surface area contributed by atoms with Crippen molar-refractivity contribution in [1.29, 1.82) is 0 Å². The fourth-order valence-corrected chi connectivity index (χ4v) is 6.27. The van der Waals surface area contributed by atoms with E-state index < -0.39 is 0 Å². The Bertz CT molecular complexity index is 756. The largest absolute Gasteiger partial charge is 0.380 e. The number of piperidine rings is 1. The molecule has 178 valence electrons. The topological polar surface area (TPSA) is 19.0 Å². The summed E-state index contributed by atoms with van der Waals surface area (Å²) in [6, 6.07) is 7.45. The molecule has 1 aromatic rings. The van der Waals surface area contributed by atoms with E-state index in [2.05, 4.69) is 46.7 Å². The van der Waals surface area contributed by atoms with E-state index in [0.717, 1.165) is 19.0 Å². The van der Waals surface area contributed by atoms with Crippen LogP contribution in [0.3, 0.4) is 0 Å². The zero-order chi connectivity index (χ0) is 22.1. The van der Waals surface area contributed by atoms with Gasteiger partial charge in [-0.25, -0.2) is 0 Å². The van der Waals surface area contributed by atoms with Crippen LogP contribution in [0.2, 0.25) is 0 Å². The number of ether oxygens (including phenoxy) is 1. The molecule has 2 heterocycles. The molecule has 0 amide bonds. The summed E-state index contributed by atoms with van der Waals surface area (Å²) in [5.41, 5.74) is 5.10. The summed E-state index contributed by atoms with van der Waals surface area (Å²) in [6.07, 6.45) is 11.1. The first kappa shape index (κ1) is 22.5. The van der Waals surface area contributed by atoms with Crippen LogP contribution in [0.15, 0.2) is 18.2 Å². The van der Waals surface area contributed by atoms with Gasteiger partial charge in [0.1, 0.15) is 0 Å². The molecule has 2 saturated heterocycles. The van der Waals surface area contributed by atoms with E-state index in [1.54, 1.807) is 5.56 Å². The molecule has 5 rings (SSSR count). The van der Waals surface area contributed by atoms with Crippen molar-refractivity contribution < 1.29 is 4.74 Å². The number of nitrogens with zero attached hydrogens (tertiary/aromatic N) is 3. The molecule has 0 N–H and O–H groups in total. The van der Waals surface area contributed by atoms with E-state index >= 15 is 0 Å². The van der Waals surface area contributed by atoms with Gasteiger partial charge in [0.15, 0.2) is 0 Å². The molecule has 0 spiro atoms. The number of piperazine rings is 1. The number of anilines is 2. The van der Waals surface area contributed by atoms with Gasteiger partial charge >= 0.3 is 0 Å². The predicted octanol–water partition coefficient (Wildman–Crippen LogP) is 5.52. The predicted molar refractivity (Wildman–Crippen MR) is 135 cm³/mol. The Hall–Kier alpha value is -1.26. The molecule has 2 saturated carbocycles. The Morgan fingerprint density at radius 1 is 0.906 bits per heavy atom. The number of rotatable bonds is 6. The summed E-state index contributed by atoms with van der Waals surface area (Å²) in [4.78, 5) is 7.99. The fraction of sp³-hybridized carbons (Fsp3) is 0.786. The van der Waals surface area contributed by atoms with Crippen molar-refractivity contribution in [3.8, 4) is 0 Å². The third kappa shape index (κ3) is 5.28. The van der Waals surface area contributed by atoms with Crippen molar-refractivity contribution >= 4 is 11.4 Å². The average molecular weight is 440 g/mol. The smallest absolute Gasteiger partial charge is 0.0746 e. The van der Waals surface area contributed by atoms with E-state index in [-0.39, 0.29) is 0 Å². The minimum atomic E-state index is 0.377. The van der Waals surface area contributed by atoms with Crippen molar-refractivity contribution in [2.75, 3.05) is 62.7 Å². The van der Waals surface area contributed by atoms with Crippen LogP contribution in [0, 0.1) is 11.3 Å². The summed E-state index contributed by atoms with van der Waals surface area (Å²) in [5, 5.41) is 0. The lowest BCUT2D eigenvalue weighted by Gasteiger charge is -2.41. The van der Waals surface area contributed by atoms with Gasteiger partial charge in [-0.3, -0.25) is 4.90 Å². The SMILES string of the molecule is COC1CCCN(c2ccc(N3CCN(CC4CC4)CC3)c(C3CCC(C)(C)CC3)c2)C1. The minimum Gasteiger partial charge on any atom is -0.380 e. The summed E-state index contributed by atoms with van der Waals surface area (Å²) >= 11 is 0. The van der Waals surface area contributed by atoms with Gasteiger partial charge in [-0.2, -0.15) is 0 Å². The molecule has 0 aromatic heterocycles. The van der Waals surface area contributed by atoms with Crippen LogP contribution in [0.25, 0.3) is 0 Å². The van der Waals surface area contributed by atoms with Crippen LogP contribution < -0.4 is 9.80 Å². The lowest BCUT2D eigenvalue weighted by atomic mass is 9.71. The lowest BCUT2D eigenvalue weighted by Crippen LogP contribution is -2.47. The molecule has 1 atom stereocenters. The van der Waals surface area contributed by atoms with Crippen LogP contribution in [0.5, 0.6) is 0 Å². The second kappa shape index (κ2) is 9.54. The monoisotopic (exact) mass is 439 g/mol. The molecule has 1 aromatic carbocycles. The lowest BCUT2D eigenvalue weighted by molar-refractivity contribution is 0.0893. The van der Waals surface area contributed by atoms with Gasteiger partial charge in [-0.1, -0.05) is 13.8 Å². The molecule has 2 aliphatic carbocycles. The zero-order valence-electron chi connectivity index (χ0n) is 20.8. The minimum absolute atomic E-state index is 0.377. The van der Waals surface area contributed by atoms with E-state index in [1.165, 1.54) is 95.5 Å². The van der Waals surface area contributed by atoms with Gasteiger partial charge < -0.3 is 14.5 Å². The number of methoxy groups -OCH3 is 1. The Morgan fingerprint density at radius 2 is 1.66 bits per heavy atom. The number of hydrogen-bond donors (Lipinski definition) is 0. The maximum atomic E-state index is 5.72. The van der Waals surface area contributed by atoms with Crippen molar-refractivity contribution in [1.82, 2.24) is 4.90 Å². The second-order valence-corrected chi connectivity index (χ2v) is 11.9. The van der Waals surface area contributed by atoms with Crippen molar-refractivity contribution in [2.24, 2.45) is 11.3 Å². The average Bonchev–Trinajstić information content (AvgIpc) is 3.63. The highest BCUT2D eigenvalue weighted by Crippen LogP contribution is 2.46. The van der Waals surface area contributed by atoms with Crippen molar-refractivity contribution in [2.45, 2.75) is 77.2 Å². The Kier molecular flexibility index (Phi) is 6.72. The van der Waals surface area contributed by atoms with E-state index in [4.69, 9.17) is 4.74 Å². The summed E-state index contributed by atoms with van der Waals surface area (Å²) in [6.45, 7) is 13.3. The Balaban J connectivity index is 1.35. The van der Waals surface area contributed by atoms with Crippen LogP contribution in [-0.2, 0) is 4.74 Å². The molecule has 32 heavy (non-hydrogen) atoms. The van der Waals surface area contributed by atoms with E-state index in [0.29, 0.717) is 17.4 Å². The molecule has 0 radical (unpaired) electrons. The van der Waals surface area contributed by atoms with Crippen LogP contribution >= 0.6 is 0 Å². The van der Waals surface area contributed by atoms with Crippen molar-refractivity contribution in [3.63, 3.8) is 0 Å². The molecular weight excluding hydrogens is 394 g/mol. The molecule has 4 nitrogen and oxygen atoms in total. The third-order valence-corrected chi connectivity index (χ3v) is 8.79. The molecule has 4 heteroatoms. The van der Waals surface area contributed by atoms with Gasteiger partial charge in [0.25, 0.3) is 0 Å². The number of hydrogen-bond acceptors (Lipinski definition) is 4. The molecule has 4 fully saturated rings. The van der Waals surface area contributed by atoms with Gasteiger partial charge in [0.05, 0.1) is 6.10 Å². The maximum Gasteiger partial charge on any atom is 0.0746 e. The van der Waals surface area contributed by atoms with E-state index in [9.17, 15) is 0 Å². The molecule has 2 aliphatic heterocycles.